The highest BCUT2D eigenvalue weighted by molar-refractivity contribution is 5.94. The van der Waals surface area contributed by atoms with Gasteiger partial charge in [-0.25, -0.2) is 0 Å². The Bertz CT molecular complexity index is 1180. The molecule has 0 aromatic heterocycles. The van der Waals surface area contributed by atoms with Gasteiger partial charge in [0.1, 0.15) is 5.75 Å². The minimum absolute atomic E-state index is 0.0736. The number of hydrogen-bond donors (Lipinski definition) is 1. The molecule has 178 valence electrons. The maximum atomic E-state index is 13.5. The lowest BCUT2D eigenvalue weighted by Crippen LogP contribution is -2.30. The number of amides is 1. The quantitative estimate of drug-likeness (QED) is 0.460. The first-order valence-corrected chi connectivity index (χ1v) is 10.6. The minimum Gasteiger partial charge on any atom is -0.496 e. The number of ether oxygens (including phenoxy) is 1. The van der Waals surface area contributed by atoms with E-state index < -0.39 is 17.7 Å². The van der Waals surface area contributed by atoms with Gasteiger partial charge in [0.25, 0.3) is 5.91 Å². The number of alkyl halides is 3. The van der Waals surface area contributed by atoms with Crippen molar-refractivity contribution in [3.05, 3.63) is 89.0 Å². The van der Waals surface area contributed by atoms with E-state index in [0.29, 0.717) is 28.0 Å². The van der Waals surface area contributed by atoms with Crippen LogP contribution in [0.15, 0.2) is 66.7 Å². The first-order valence-electron chi connectivity index (χ1n) is 10.6. The lowest BCUT2D eigenvalue weighted by atomic mass is 9.94. The molecule has 34 heavy (non-hydrogen) atoms. The van der Waals surface area contributed by atoms with Crippen molar-refractivity contribution >= 4 is 11.9 Å². The number of nitrogens with zero attached hydrogens (tertiary/aromatic N) is 1. The third-order valence-electron chi connectivity index (χ3n) is 5.39. The van der Waals surface area contributed by atoms with Crippen molar-refractivity contribution in [1.29, 1.82) is 0 Å². The highest BCUT2D eigenvalue weighted by atomic mass is 19.4. The summed E-state index contributed by atoms with van der Waals surface area (Å²) in [4.78, 5) is 25.7. The van der Waals surface area contributed by atoms with Gasteiger partial charge in [0.2, 0.25) is 0 Å². The molecule has 0 aliphatic rings. The first kappa shape index (κ1) is 24.8. The van der Waals surface area contributed by atoms with Gasteiger partial charge < -0.3 is 14.7 Å². The number of carbonyl (C=O) groups excluding carboxylic acids is 1. The largest absolute Gasteiger partial charge is 0.496 e. The molecule has 5 nitrogen and oxygen atoms in total. The van der Waals surface area contributed by atoms with E-state index in [1.807, 2.05) is 0 Å². The summed E-state index contributed by atoms with van der Waals surface area (Å²) in [6, 6.07) is 16.6. The number of aliphatic carboxylic acids is 1. The third-order valence-corrected chi connectivity index (χ3v) is 5.39. The molecular weight excluding hydrogens is 447 g/mol. The van der Waals surface area contributed by atoms with Crippen molar-refractivity contribution in [2.75, 3.05) is 13.7 Å². The Morgan fingerprint density at radius 2 is 1.68 bits per heavy atom. The summed E-state index contributed by atoms with van der Waals surface area (Å²) >= 11 is 0. The van der Waals surface area contributed by atoms with Gasteiger partial charge in [-0.3, -0.25) is 9.59 Å². The van der Waals surface area contributed by atoms with Crippen molar-refractivity contribution in [1.82, 2.24) is 4.90 Å². The molecule has 3 aromatic carbocycles. The molecular formula is C26H24F3NO4. The topological polar surface area (TPSA) is 66.8 Å². The van der Waals surface area contributed by atoms with Crippen LogP contribution in [0.4, 0.5) is 13.2 Å². The second kappa shape index (κ2) is 10.4. The zero-order valence-electron chi connectivity index (χ0n) is 18.7. The standard InChI is InChI=1S/C26H24F3NO4/c1-3-30(25(33)18-7-5-4-6-8-18)16-19-15-20(26(27,28)29)10-11-21(19)22-13-17(14-24(31)32)9-12-23(22)34-2/h4-13,15H,3,14,16H2,1-2H3,(H,31,32). The number of hydrogen-bond acceptors (Lipinski definition) is 3. The van der Waals surface area contributed by atoms with Crippen LogP contribution in [0.25, 0.3) is 11.1 Å². The van der Waals surface area contributed by atoms with Crippen LogP contribution in [0.1, 0.15) is 34.0 Å². The normalized spacial score (nSPS) is 11.2. The maximum absolute atomic E-state index is 13.5. The smallest absolute Gasteiger partial charge is 0.416 e. The van der Waals surface area contributed by atoms with E-state index in [2.05, 4.69) is 0 Å². The molecule has 0 fully saturated rings. The molecule has 0 saturated heterocycles. The third kappa shape index (κ3) is 5.75. The number of benzene rings is 3. The van der Waals surface area contributed by atoms with Gasteiger partial charge in [0.05, 0.1) is 19.1 Å². The molecule has 3 rings (SSSR count). The number of halogens is 3. The highest BCUT2D eigenvalue weighted by Gasteiger charge is 2.31. The summed E-state index contributed by atoms with van der Waals surface area (Å²) in [5.41, 5.74) is 1.22. The van der Waals surface area contributed by atoms with E-state index in [1.165, 1.54) is 18.1 Å². The van der Waals surface area contributed by atoms with E-state index in [4.69, 9.17) is 9.84 Å². The van der Waals surface area contributed by atoms with Crippen molar-refractivity contribution in [3.8, 4) is 16.9 Å². The van der Waals surface area contributed by atoms with Crippen LogP contribution in [-0.2, 0) is 23.9 Å². The number of rotatable bonds is 8. The summed E-state index contributed by atoms with van der Waals surface area (Å²) in [5, 5.41) is 9.16. The average molecular weight is 471 g/mol. The van der Waals surface area contributed by atoms with Crippen LogP contribution in [0.5, 0.6) is 5.75 Å². The van der Waals surface area contributed by atoms with Crippen LogP contribution < -0.4 is 4.74 Å². The zero-order valence-corrected chi connectivity index (χ0v) is 18.7. The Morgan fingerprint density at radius 3 is 2.26 bits per heavy atom. The second-order valence-corrected chi connectivity index (χ2v) is 7.66. The fraction of sp³-hybridized carbons (Fsp3) is 0.231. The Balaban J connectivity index is 2.12. The van der Waals surface area contributed by atoms with Crippen LogP contribution in [-0.4, -0.2) is 35.5 Å². The predicted molar refractivity (Wildman–Crippen MR) is 122 cm³/mol. The van der Waals surface area contributed by atoms with E-state index >= 15 is 0 Å². The lowest BCUT2D eigenvalue weighted by Gasteiger charge is -2.24. The fourth-order valence-electron chi connectivity index (χ4n) is 3.71. The summed E-state index contributed by atoms with van der Waals surface area (Å²) in [6.45, 7) is 1.96. The van der Waals surface area contributed by atoms with Gasteiger partial charge in [-0.1, -0.05) is 30.3 Å². The highest BCUT2D eigenvalue weighted by Crippen LogP contribution is 2.38. The molecule has 3 aromatic rings. The molecule has 8 heteroatoms. The van der Waals surface area contributed by atoms with Crippen LogP contribution in [0.2, 0.25) is 0 Å². The van der Waals surface area contributed by atoms with E-state index in [1.54, 1.807) is 55.5 Å². The molecule has 0 aliphatic heterocycles. The summed E-state index contributed by atoms with van der Waals surface area (Å²) in [7, 11) is 1.43. The lowest BCUT2D eigenvalue weighted by molar-refractivity contribution is -0.138. The molecule has 0 spiro atoms. The van der Waals surface area contributed by atoms with Crippen molar-refractivity contribution in [2.45, 2.75) is 26.1 Å². The van der Waals surface area contributed by atoms with Crippen LogP contribution >= 0.6 is 0 Å². The minimum atomic E-state index is -4.57. The average Bonchev–Trinajstić information content (AvgIpc) is 2.81. The van der Waals surface area contributed by atoms with Crippen LogP contribution in [0, 0.1) is 0 Å². The Kier molecular flexibility index (Phi) is 7.61. The van der Waals surface area contributed by atoms with Gasteiger partial charge in [-0.15, -0.1) is 0 Å². The van der Waals surface area contributed by atoms with Gasteiger partial charge in [0, 0.05) is 24.2 Å². The molecule has 0 heterocycles. The van der Waals surface area contributed by atoms with Gasteiger partial charge in [-0.05, 0) is 60.0 Å². The Hall–Kier alpha value is -3.81. The molecule has 0 bridgehead atoms. The van der Waals surface area contributed by atoms with Gasteiger partial charge in [-0.2, -0.15) is 13.2 Å². The van der Waals surface area contributed by atoms with E-state index in [9.17, 15) is 22.8 Å². The van der Waals surface area contributed by atoms with Crippen molar-refractivity contribution in [3.63, 3.8) is 0 Å². The molecule has 1 N–H and O–H groups in total. The summed E-state index contributed by atoms with van der Waals surface area (Å²) in [5.74, 6) is -0.958. The SMILES string of the molecule is CCN(Cc1cc(C(F)(F)F)ccc1-c1cc(CC(=O)O)ccc1OC)C(=O)c1ccccc1. The fourth-order valence-corrected chi connectivity index (χ4v) is 3.71. The molecule has 0 atom stereocenters. The number of methoxy groups -OCH3 is 1. The monoisotopic (exact) mass is 471 g/mol. The number of carbonyl (C=O) groups is 2. The van der Waals surface area contributed by atoms with Crippen molar-refractivity contribution in [2.24, 2.45) is 0 Å². The van der Waals surface area contributed by atoms with Crippen molar-refractivity contribution < 1.29 is 32.6 Å². The van der Waals surface area contributed by atoms with Gasteiger partial charge >= 0.3 is 12.1 Å². The van der Waals surface area contributed by atoms with E-state index in [-0.39, 0.29) is 31.0 Å². The summed E-state index contributed by atoms with van der Waals surface area (Å²) < 4.78 is 46.0. The van der Waals surface area contributed by atoms with Gasteiger partial charge in [0.15, 0.2) is 0 Å². The second-order valence-electron chi connectivity index (χ2n) is 7.66. The molecule has 0 saturated carbocycles. The van der Waals surface area contributed by atoms with Crippen LogP contribution in [0.3, 0.4) is 0 Å². The molecule has 1 amide bonds. The Labute approximate surface area is 195 Å². The number of carboxylic acid groups (broad SMARTS) is 1. The molecule has 0 radical (unpaired) electrons. The van der Waals surface area contributed by atoms with E-state index in [0.717, 1.165) is 12.1 Å². The molecule has 0 aliphatic carbocycles. The Morgan fingerprint density at radius 1 is 0.971 bits per heavy atom. The zero-order chi connectivity index (χ0) is 24.9. The molecule has 0 unspecified atom stereocenters. The maximum Gasteiger partial charge on any atom is 0.416 e. The first-order chi connectivity index (χ1) is 16.1. The number of carboxylic acids is 1. The summed E-state index contributed by atoms with van der Waals surface area (Å²) in [6.07, 6.45) is -4.82. The predicted octanol–water partition coefficient (Wildman–Crippen LogP) is 5.67.